The molecule has 33 heavy (non-hydrogen) atoms. The third-order valence-electron chi connectivity index (χ3n) is 5.65. The molecule has 3 aromatic carbocycles. The third kappa shape index (κ3) is 5.89. The van der Waals surface area contributed by atoms with Crippen LogP contribution in [-0.4, -0.2) is 22.2 Å². The summed E-state index contributed by atoms with van der Waals surface area (Å²) in [6.45, 7) is 2.78. The first kappa shape index (κ1) is 22.8. The van der Waals surface area contributed by atoms with E-state index in [1.165, 1.54) is 5.56 Å². The van der Waals surface area contributed by atoms with Gasteiger partial charge in [0.25, 0.3) is 0 Å². The van der Waals surface area contributed by atoms with Gasteiger partial charge in [0.15, 0.2) is 0 Å². The minimum absolute atomic E-state index is 0.0985. The maximum Gasteiger partial charge on any atom is 0.246 e. The molecular formula is C27H27ClN4O. The zero-order valence-electron chi connectivity index (χ0n) is 18.7. The number of nitrogens with zero attached hydrogens (tertiary/aromatic N) is 2. The molecule has 0 aliphatic rings. The summed E-state index contributed by atoms with van der Waals surface area (Å²) in [5.74, 6) is 0.124. The minimum Gasteiger partial charge on any atom is -0.324 e. The van der Waals surface area contributed by atoms with Crippen molar-refractivity contribution in [3.63, 3.8) is 0 Å². The largest absolute Gasteiger partial charge is 0.324 e. The van der Waals surface area contributed by atoms with Gasteiger partial charge in [-0.2, -0.15) is 5.10 Å². The lowest BCUT2D eigenvalue weighted by atomic mass is 9.99. The Labute approximate surface area is 199 Å². The van der Waals surface area contributed by atoms with Crippen LogP contribution >= 0.6 is 11.6 Å². The van der Waals surface area contributed by atoms with Gasteiger partial charge in [-0.3, -0.25) is 9.48 Å². The van der Waals surface area contributed by atoms with Crippen molar-refractivity contribution in [2.45, 2.75) is 18.9 Å². The second-order valence-corrected chi connectivity index (χ2v) is 8.61. The SMILES string of the molecule is C[C@H](CN[C@H](C(=O)Nc1ccc(-c2cnn(C)c2)cc1)c1ccccc1)c1ccc(Cl)cc1. The van der Waals surface area contributed by atoms with Gasteiger partial charge in [-0.1, -0.05) is 73.1 Å². The van der Waals surface area contributed by atoms with Gasteiger partial charge in [0.1, 0.15) is 6.04 Å². The molecule has 0 fully saturated rings. The number of nitrogens with one attached hydrogen (secondary N) is 2. The molecule has 168 valence electrons. The zero-order chi connectivity index (χ0) is 23.2. The van der Waals surface area contributed by atoms with Crippen LogP contribution in [0, 0.1) is 0 Å². The Balaban J connectivity index is 1.46. The molecule has 1 heterocycles. The molecule has 4 aromatic rings. The van der Waals surface area contributed by atoms with Crippen LogP contribution in [0.1, 0.15) is 30.0 Å². The molecule has 4 rings (SSSR count). The summed E-state index contributed by atoms with van der Waals surface area (Å²) in [5.41, 5.74) is 4.93. The highest BCUT2D eigenvalue weighted by Gasteiger charge is 2.21. The van der Waals surface area contributed by atoms with Crippen LogP contribution in [0.15, 0.2) is 91.3 Å². The summed E-state index contributed by atoms with van der Waals surface area (Å²) >= 11 is 6.02. The van der Waals surface area contributed by atoms with Gasteiger partial charge in [0.05, 0.1) is 6.20 Å². The third-order valence-corrected chi connectivity index (χ3v) is 5.90. The topological polar surface area (TPSA) is 59.0 Å². The maximum absolute atomic E-state index is 13.3. The molecule has 2 N–H and O–H groups in total. The maximum atomic E-state index is 13.3. The van der Waals surface area contributed by atoms with Crippen LogP contribution in [0.5, 0.6) is 0 Å². The van der Waals surface area contributed by atoms with Gasteiger partial charge in [-0.25, -0.2) is 0 Å². The van der Waals surface area contributed by atoms with Crippen LogP contribution < -0.4 is 10.6 Å². The molecule has 0 aliphatic carbocycles. The van der Waals surface area contributed by atoms with Gasteiger partial charge < -0.3 is 10.6 Å². The standard InChI is InChI=1S/C27H27ClN4O/c1-19(20-8-12-24(28)13-9-20)16-29-26(22-6-4-3-5-7-22)27(33)31-25-14-10-21(11-15-25)23-17-30-32(2)18-23/h3-15,17-19,26,29H,16H2,1-2H3,(H,31,33)/t19-,26+/m1/s1. The smallest absolute Gasteiger partial charge is 0.246 e. The molecule has 2 atom stereocenters. The lowest BCUT2D eigenvalue weighted by Gasteiger charge is -2.22. The van der Waals surface area contributed by atoms with Gasteiger partial charge >= 0.3 is 0 Å². The molecule has 0 saturated carbocycles. The Morgan fingerprint density at radius 3 is 2.27 bits per heavy atom. The predicted octanol–water partition coefficient (Wildman–Crippen LogP) is 5.81. The van der Waals surface area contributed by atoms with Crippen molar-refractivity contribution in [3.8, 4) is 11.1 Å². The van der Waals surface area contributed by atoms with Crippen LogP contribution in [-0.2, 0) is 11.8 Å². The first-order valence-electron chi connectivity index (χ1n) is 10.9. The average Bonchev–Trinajstić information content (AvgIpc) is 3.27. The molecule has 0 unspecified atom stereocenters. The number of anilines is 1. The number of carbonyl (C=O) groups excluding carboxylic acids is 1. The van der Waals surface area contributed by atoms with E-state index in [2.05, 4.69) is 22.7 Å². The molecule has 0 spiro atoms. The molecule has 0 radical (unpaired) electrons. The van der Waals surface area contributed by atoms with Crippen molar-refractivity contribution in [3.05, 3.63) is 107 Å². The van der Waals surface area contributed by atoms with Crippen molar-refractivity contribution in [1.29, 1.82) is 0 Å². The Morgan fingerprint density at radius 1 is 0.939 bits per heavy atom. The second kappa shape index (κ2) is 10.5. The molecule has 0 aliphatic heterocycles. The van der Waals surface area contributed by atoms with Gasteiger partial charge in [0.2, 0.25) is 5.91 Å². The van der Waals surface area contributed by atoms with E-state index in [9.17, 15) is 4.79 Å². The van der Waals surface area contributed by atoms with Gasteiger partial charge in [-0.15, -0.1) is 0 Å². The number of carbonyl (C=O) groups is 1. The van der Waals surface area contributed by atoms with E-state index >= 15 is 0 Å². The number of amides is 1. The van der Waals surface area contributed by atoms with E-state index in [4.69, 9.17) is 11.6 Å². The van der Waals surface area contributed by atoms with Crippen molar-refractivity contribution in [1.82, 2.24) is 15.1 Å². The van der Waals surface area contributed by atoms with Crippen LogP contribution in [0.3, 0.4) is 0 Å². The fraction of sp³-hybridized carbons (Fsp3) is 0.185. The summed E-state index contributed by atoms with van der Waals surface area (Å²) in [6.07, 6.45) is 3.79. The van der Waals surface area contributed by atoms with Crippen molar-refractivity contribution >= 4 is 23.2 Å². The summed E-state index contributed by atoms with van der Waals surface area (Å²) in [6, 6.07) is 24.9. The highest BCUT2D eigenvalue weighted by atomic mass is 35.5. The fourth-order valence-electron chi connectivity index (χ4n) is 3.74. The lowest BCUT2D eigenvalue weighted by molar-refractivity contribution is -0.118. The lowest BCUT2D eigenvalue weighted by Crippen LogP contribution is -2.35. The van der Waals surface area contributed by atoms with Crippen LogP contribution in [0.25, 0.3) is 11.1 Å². The number of hydrogen-bond acceptors (Lipinski definition) is 3. The fourth-order valence-corrected chi connectivity index (χ4v) is 3.87. The van der Waals surface area contributed by atoms with Crippen LogP contribution in [0.2, 0.25) is 5.02 Å². The Morgan fingerprint density at radius 2 is 1.64 bits per heavy atom. The van der Waals surface area contributed by atoms with Crippen molar-refractivity contribution in [2.75, 3.05) is 11.9 Å². The number of hydrogen-bond donors (Lipinski definition) is 2. The molecule has 5 nitrogen and oxygen atoms in total. The number of halogens is 1. The Hall–Kier alpha value is -3.41. The first-order valence-corrected chi connectivity index (χ1v) is 11.3. The zero-order valence-corrected chi connectivity index (χ0v) is 19.5. The van der Waals surface area contributed by atoms with E-state index in [1.54, 1.807) is 4.68 Å². The summed E-state index contributed by atoms with van der Waals surface area (Å²) in [5, 5.41) is 11.4. The highest BCUT2D eigenvalue weighted by Crippen LogP contribution is 2.23. The Kier molecular flexibility index (Phi) is 7.23. The summed E-state index contributed by atoms with van der Waals surface area (Å²) < 4.78 is 1.77. The summed E-state index contributed by atoms with van der Waals surface area (Å²) in [7, 11) is 1.89. The van der Waals surface area contributed by atoms with Gasteiger partial charge in [-0.05, 0) is 46.9 Å². The molecule has 6 heteroatoms. The number of aryl methyl sites for hydroxylation is 1. The van der Waals surface area contributed by atoms with E-state index in [0.29, 0.717) is 6.54 Å². The van der Waals surface area contributed by atoms with Crippen molar-refractivity contribution in [2.24, 2.45) is 7.05 Å². The monoisotopic (exact) mass is 458 g/mol. The van der Waals surface area contributed by atoms with E-state index in [-0.39, 0.29) is 11.8 Å². The summed E-state index contributed by atoms with van der Waals surface area (Å²) in [4.78, 5) is 13.3. The quantitative estimate of drug-likeness (QED) is 0.350. The molecule has 1 aromatic heterocycles. The first-order chi connectivity index (χ1) is 16.0. The molecule has 0 bridgehead atoms. The second-order valence-electron chi connectivity index (χ2n) is 8.17. The van der Waals surface area contributed by atoms with E-state index in [1.807, 2.05) is 98.3 Å². The average molecular weight is 459 g/mol. The van der Waals surface area contributed by atoms with E-state index < -0.39 is 6.04 Å². The number of rotatable bonds is 8. The van der Waals surface area contributed by atoms with Crippen molar-refractivity contribution < 1.29 is 4.79 Å². The molecule has 1 amide bonds. The highest BCUT2D eigenvalue weighted by molar-refractivity contribution is 6.30. The Bertz CT molecular complexity index is 1190. The number of aromatic nitrogens is 2. The van der Waals surface area contributed by atoms with E-state index in [0.717, 1.165) is 27.4 Å². The molecule has 0 saturated heterocycles. The molecular weight excluding hydrogens is 432 g/mol. The normalized spacial score (nSPS) is 12.8. The number of benzene rings is 3. The van der Waals surface area contributed by atoms with Crippen LogP contribution in [0.4, 0.5) is 5.69 Å². The van der Waals surface area contributed by atoms with Gasteiger partial charge in [0, 0.05) is 36.1 Å². The predicted molar refractivity (Wildman–Crippen MR) is 134 cm³/mol. The minimum atomic E-state index is -0.473.